The smallest absolute Gasteiger partial charge is 0.246 e. The second-order valence-electron chi connectivity index (χ2n) is 6.32. The van der Waals surface area contributed by atoms with Crippen LogP contribution in [0.4, 0.5) is 0 Å². The quantitative estimate of drug-likeness (QED) is 0.812. The van der Waals surface area contributed by atoms with Gasteiger partial charge in [-0.05, 0) is 44.4 Å². The van der Waals surface area contributed by atoms with E-state index in [2.05, 4.69) is 5.32 Å². The lowest BCUT2D eigenvalue weighted by molar-refractivity contribution is -0.126. The molecular formula is C17H25ClN2O4S. The maximum atomic E-state index is 13.0. The molecule has 1 N–H and O–H groups in total. The van der Waals surface area contributed by atoms with Gasteiger partial charge in [0.15, 0.2) is 0 Å². The summed E-state index contributed by atoms with van der Waals surface area (Å²) in [5.74, 6) is -0.189. The molecule has 1 aromatic rings. The van der Waals surface area contributed by atoms with E-state index in [0.717, 1.165) is 6.42 Å². The summed E-state index contributed by atoms with van der Waals surface area (Å²) in [6, 6.07) is 4.58. The minimum absolute atomic E-state index is 0.0329. The third kappa shape index (κ3) is 4.65. The van der Waals surface area contributed by atoms with Gasteiger partial charge in [0.25, 0.3) is 0 Å². The molecule has 0 spiro atoms. The largest absolute Gasteiger partial charge is 0.495 e. The second-order valence-corrected chi connectivity index (χ2v) is 8.66. The fourth-order valence-corrected chi connectivity index (χ4v) is 4.77. The van der Waals surface area contributed by atoms with Crippen LogP contribution < -0.4 is 10.1 Å². The fourth-order valence-electron chi connectivity index (χ4n) is 2.83. The highest BCUT2D eigenvalue weighted by Crippen LogP contribution is 2.31. The number of benzene rings is 1. The van der Waals surface area contributed by atoms with Gasteiger partial charge in [-0.3, -0.25) is 4.79 Å². The van der Waals surface area contributed by atoms with Gasteiger partial charge in [0.1, 0.15) is 10.6 Å². The molecule has 0 bridgehead atoms. The van der Waals surface area contributed by atoms with Crippen molar-refractivity contribution in [3.63, 3.8) is 0 Å². The van der Waals surface area contributed by atoms with E-state index in [0.29, 0.717) is 24.4 Å². The van der Waals surface area contributed by atoms with Crippen molar-refractivity contribution in [1.29, 1.82) is 0 Å². The Balaban J connectivity index is 2.22. The molecular weight excluding hydrogens is 364 g/mol. The first-order chi connectivity index (χ1) is 11.8. The van der Waals surface area contributed by atoms with Gasteiger partial charge in [0.2, 0.25) is 15.9 Å². The monoisotopic (exact) mass is 388 g/mol. The molecule has 0 radical (unpaired) electrons. The molecule has 8 heteroatoms. The molecule has 1 aromatic carbocycles. The van der Waals surface area contributed by atoms with E-state index in [1.807, 2.05) is 13.8 Å². The minimum atomic E-state index is -3.78. The van der Waals surface area contributed by atoms with Crippen molar-refractivity contribution in [2.24, 2.45) is 5.92 Å². The number of carbonyl (C=O) groups is 1. The van der Waals surface area contributed by atoms with Gasteiger partial charge in [-0.1, -0.05) is 18.5 Å². The Bertz CT molecular complexity index is 723. The third-order valence-corrected chi connectivity index (χ3v) is 6.62. The molecule has 0 unspecified atom stereocenters. The van der Waals surface area contributed by atoms with Crippen LogP contribution in [-0.2, 0) is 14.8 Å². The summed E-state index contributed by atoms with van der Waals surface area (Å²) in [5, 5.41) is 3.26. The number of halogens is 1. The third-order valence-electron chi connectivity index (χ3n) is 4.50. The highest BCUT2D eigenvalue weighted by Gasteiger charge is 2.35. The zero-order valence-electron chi connectivity index (χ0n) is 14.8. The number of hydrogen-bond acceptors (Lipinski definition) is 4. The first-order valence-corrected chi connectivity index (χ1v) is 10.3. The Labute approximate surface area is 154 Å². The van der Waals surface area contributed by atoms with Crippen molar-refractivity contribution in [2.45, 2.75) is 44.0 Å². The van der Waals surface area contributed by atoms with Crippen LogP contribution in [0, 0.1) is 5.92 Å². The summed E-state index contributed by atoms with van der Waals surface area (Å²) in [5.41, 5.74) is 0. The highest BCUT2D eigenvalue weighted by molar-refractivity contribution is 7.89. The molecule has 140 valence electrons. The molecule has 1 saturated heterocycles. The number of ether oxygens (including phenoxy) is 1. The number of amides is 1. The van der Waals surface area contributed by atoms with Gasteiger partial charge < -0.3 is 10.1 Å². The molecule has 1 fully saturated rings. The molecule has 2 atom stereocenters. The van der Waals surface area contributed by atoms with Crippen molar-refractivity contribution in [3.8, 4) is 5.75 Å². The Morgan fingerprint density at radius 3 is 2.84 bits per heavy atom. The standard InChI is InChI=1S/C17H25ClN2O4S/c1-4-12(2)19-17(21)13-6-5-9-20(11-13)25(22,23)16-10-14(18)7-8-15(16)24-3/h7-8,10,12-13H,4-6,9,11H2,1-3H3,(H,19,21)/t12-,13-/m0/s1. The van der Waals surface area contributed by atoms with Crippen LogP contribution in [0.15, 0.2) is 23.1 Å². The van der Waals surface area contributed by atoms with Crippen molar-refractivity contribution in [1.82, 2.24) is 9.62 Å². The average molecular weight is 389 g/mol. The van der Waals surface area contributed by atoms with Crippen molar-refractivity contribution in [2.75, 3.05) is 20.2 Å². The van der Waals surface area contributed by atoms with Crippen LogP contribution in [-0.4, -0.2) is 44.9 Å². The predicted molar refractivity (Wildman–Crippen MR) is 97.4 cm³/mol. The number of sulfonamides is 1. The summed E-state index contributed by atoms with van der Waals surface area (Å²) in [4.78, 5) is 12.4. The number of rotatable bonds is 6. The maximum absolute atomic E-state index is 13.0. The molecule has 6 nitrogen and oxygen atoms in total. The Hall–Kier alpha value is -1.31. The Kier molecular flexibility index (Phi) is 6.71. The number of hydrogen-bond donors (Lipinski definition) is 1. The minimum Gasteiger partial charge on any atom is -0.495 e. The van der Waals surface area contributed by atoms with Gasteiger partial charge in [-0.15, -0.1) is 0 Å². The topological polar surface area (TPSA) is 75.7 Å². The number of methoxy groups -OCH3 is 1. The van der Waals surface area contributed by atoms with Crippen molar-refractivity contribution >= 4 is 27.5 Å². The molecule has 0 aliphatic carbocycles. The summed E-state index contributed by atoms with van der Waals surface area (Å²) < 4.78 is 32.6. The van der Waals surface area contributed by atoms with E-state index in [-0.39, 0.29) is 35.1 Å². The number of carbonyl (C=O) groups excluding carboxylic acids is 1. The van der Waals surface area contributed by atoms with E-state index < -0.39 is 10.0 Å². The maximum Gasteiger partial charge on any atom is 0.246 e. The summed E-state index contributed by atoms with van der Waals surface area (Å²) in [7, 11) is -2.37. The second kappa shape index (κ2) is 8.38. The molecule has 2 rings (SSSR count). The summed E-state index contributed by atoms with van der Waals surface area (Å²) >= 11 is 5.97. The molecule has 25 heavy (non-hydrogen) atoms. The number of nitrogens with zero attached hydrogens (tertiary/aromatic N) is 1. The van der Waals surface area contributed by atoms with E-state index in [1.54, 1.807) is 6.07 Å². The molecule has 0 saturated carbocycles. The lowest BCUT2D eigenvalue weighted by atomic mass is 9.98. The predicted octanol–water partition coefficient (Wildman–Crippen LogP) is 2.66. The molecule has 0 aromatic heterocycles. The van der Waals surface area contributed by atoms with Crippen molar-refractivity contribution < 1.29 is 17.9 Å². The first kappa shape index (κ1) is 20.0. The summed E-state index contributed by atoms with van der Waals surface area (Å²) in [6.45, 7) is 4.48. The fraction of sp³-hybridized carbons (Fsp3) is 0.588. The van der Waals surface area contributed by atoms with E-state index >= 15 is 0 Å². The zero-order chi connectivity index (χ0) is 18.6. The molecule has 1 amide bonds. The van der Waals surface area contributed by atoms with Gasteiger partial charge in [0.05, 0.1) is 13.0 Å². The number of nitrogens with one attached hydrogen (secondary N) is 1. The van der Waals surface area contributed by atoms with Gasteiger partial charge in [-0.25, -0.2) is 8.42 Å². The Morgan fingerprint density at radius 1 is 1.48 bits per heavy atom. The molecule has 1 heterocycles. The van der Waals surface area contributed by atoms with Crippen LogP contribution in [0.2, 0.25) is 5.02 Å². The SMILES string of the molecule is CC[C@H](C)NC(=O)[C@H]1CCCN(S(=O)(=O)c2cc(Cl)ccc2OC)C1. The van der Waals surface area contributed by atoms with E-state index in [9.17, 15) is 13.2 Å². The first-order valence-electron chi connectivity index (χ1n) is 8.43. The van der Waals surface area contributed by atoms with E-state index in [4.69, 9.17) is 16.3 Å². The molecule has 1 aliphatic rings. The van der Waals surface area contributed by atoms with Crippen LogP contribution in [0.25, 0.3) is 0 Å². The summed E-state index contributed by atoms with van der Waals surface area (Å²) in [6.07, 6.45) is 2.15. The normalized spacial score (nSPS) is 20.1. The van der Waals surface area contributed by atoms with Gasteiger partial charge in [-0.2, -0.15) is 4.31 Å². The average Bonchev–Trinajstić information content (AvgIpc) is 2.61. The lowest BCUT2D eigenvalue weighted by Crippen LogP contribution is -2.47. The van der Waals surface area contributed by atoms with Crippen LogP contribution in [0.5, 0.6) is 5.75 Å². The lowest BCUT2D eigenvalue weighted by Gasteiger charge is -2.32. The number of piperidine rings is 1. The van der Waals surface area contributed by atoms with Crippen molar-refractivity contribution in [3.05, 3.63) is 23.2 Å². The van der Waals surface area contributed by atoms with Gasteiger partial charge >= 0.3 is 0 Å². The zero-order valence-corrected chi connectivity index (χ0v) is 16.4. The molecule has 1 aliphatic heterocycles. The highest BCUT2D eigenvalue weighted by atomic mass is 35.5. The van der Waals surface area contributed by atoms with Crippen LogP contribution in [0.1, 0.15) is 33.1 Å². The van der Waals surface area contributed by atoms with Gasteiger partial charge in [0, 0.05) is 24.2 Å². The van der Waals surface area contributed by atoms with Crippen LogP contribution in [0.3, 0.4) is 0 Å². The Morgan fingerprint density at radius 2 is 2.20 bits per heavy atom. The van der Waals surface area contributed by atoms with Crippen LogP contribution >= 0.6 is 11.6 Å². The van der Waals surface area contributed by atoms with E-state index in [1.165, 1.54) is 23.5 Å².